The molecule has 0 saturated carbocycles. The average Bonchev–Trinajstić information content (AvgIpc) is 2.97. The molecule has 0 unspecified atom stereocenters. The highest BCUT2D eigenvalue weighted by atomic mass is 32.2. The van der Waals surface area contributed by atoms with Crippen LogP contribution in [0.3, 0.4) is 0 Å². The zero-order valence-corrected chi connectivity index (χ0v) is 16.2. The van der Waals surface area contributed by atoms with Crippen molar-refractivity contribution in [2.75, 3.05) is 6.26 Å². The Morgan fingerprint density at radius 1 is 1.14 bits per heavy atom. The molecule has 2 heterocycles. The number of hydrogen-bond donors (Lipinski definition) is 0. The minimum atomic E-state index is -5.84. The van der Waals surface area contributed by atoms with Gasteiger partial charge in [0.1, 0.15) is 0 Å². The Balaban J connectivity index is 1.70. The Bertz CT molecular complexity index is 1020. The maximum atomic E-state index is 12.7. The summed E-state index contributed by atoms with van der Waals surface area (Å²) in [6.07, 6.45) is 3.27. The minimum Gasteiger partial charge on any atom is -0.369 e. The summed E-state index contributed by atoms with van der Waals surface area (Å²) in [6, 6.07) is 7.91. The maximum absolute atomic E-state index is 12.7. The highest BCUT2D eigenvalue weighted by molar-refractivity contribution is 7.98. The first-order valence-corrected chi connectivity index (χ1v) is 10.9. The third kappa shape index (κ3) is 3.35. The molecule has 1 spiro atoms. The van der Waals surface area contributed by atoms with Gasteiger partial charge in [-0.3, -0.25) is 0 Å². The van der Waals surface area contributed by atoms with E-state index in [4.69, 9.17) is 4.74 Å². The number of nitrogens with zero attached hydrogens (tertiary/aromatic N) is 2. The number of rotatable bonds is 3. The number of benzene rings is 1. The summed E-state index contributed by atoms with van der Waals surface area (Å²) < 4.78 is 71.4. The van der Waals surface area contributed by atoms with Gasteiger partial charge in [0.2, 0.25) is 5.88 Å². The first kappa shape index (κ1) is 19.5. The summed E-state index contributed by atoms with van der Waals surface area (Å²) in [4.78, 5) is 8.21. The van der Waals surface area contributed by atoms with Gasteiger partial charge in [0.25, 0.3) is 0 Å². The van der Waals surface area contributed by atoms with Crippen LogP contribution in [0.1, 0.15) is 22.4 Å². The Kier molecular flexibility index (Phi) is 4.59. The minimum absolute atomic E-state index is 0.124. The molecule has 1 aromatic heterocycles. The highest BCUT2D eigenvalue weighted by Crippen LogP contribution is 2.42. The van der Waals surface area contributed by atoms with Crippen LogP contribution in [0.25, 0.3) is 0 Å². The summed E-state index contributed by atoms with van der Waals surface area (Å²) in [7, 11) is -5.84. The molecule has 0 bridgehead atoms. The molecule has 0 amide bonds. The Morgan fingerprint density at radius 3 is 2.36 bits per heavy atom. The lowest BCUT2D eigenvalue weighted by molar-refractivity contribution is -0.0630. The number of halogens is 3. The summed E-state index contributed by atoms with van der Waals surface area (Å²) >= 11 is 1.09. The Morgan fingerprint density at radius 2 is 1.79 bits per heavy atom. The lowest BCUT2D eigenvalue weighted by Crippen LogP contribution is -2.40. The van der Waals surface area contributed by atoms with Gasteiger partial charge < -0.3 is 8.92 Å². The van der Waals surface area contributed by atoms with Crippen LogP contribution in [0, 0.1) is 0 Å². The standard InChI is InChI=1S/C17H15F3N2O4S2/c1-27-15-21-13-8-16(6-10-4-2-3-5-11(10)7-16)25-9-12(13)14(22-15)26-28(23,24)17(18,19)20/h2-5H,6-9H2,1H3. The lowest BCUT2D eigenvalue weighted by atomic mass is 9.90. The van der Waals surface area contributed by atoms with Crippen LogP contribution in [0.5, 0.6) is 5.88 Å². The molecule has 0 saturated heterocycles. The molecule has 2 aromatic rings. The van der Waals surface area contributed by atoms with Gasteiger partial charge in [-0.1, -0.05) is 36.0 Å². The molecule has 150 valence electrons. The largest absolute Gasteiger partial charge is 0.534 e. The molecule has 1 aromatic carbocycles. The van der Waals surface area contributed by atoms with Crippen molar-refractivity contribution in [3.8, 4) is 5.88 Å². The summed E-state index contributed by atoms with van der Waals surface area (Å²) in [6.45, 7) is -0.124. The first-order valence-electron chi connectivity index (χ1n) is 8.28. The fraction of sp³-hybridized carbons (Fsp3) is 0.412. The Hall–Kier alpha value is -1.85. The van der Waals surface area contributed by atoms with Gasteiger partial charge in [-0.2, -0.15) is 26.6 Å². The van der Waals surface area contributed by atoms with Gasteiger partial charge >= 0.3 is 15.6 Å². The molecule has 4 rings (SSSR count). The normalized spacial score (nSPS) is 18.0. The smallest absolute Gasteiger partial charge is 0.369 e. The molecule has 2 aliphatic rings. The van der Waals surface area contributed by atoms with Crippen molar-refractivity contribution in [3.63, 3.8) is 0 Å². The fourth-order valence-corrected chi connectivity index (χ4v) is 4.37. The third-order valence-electron chi connectivity index (χ3n) is 4.84. The first-order chi connectivity index (χ1) is 13.1. The molecule has 0 atom stereocenters. The van der Waals surface area contributed by atoms with Gasteiger partial charge in [0.05, 0.1) is 23.5 Å². The van der Waals surface area contributed by atoms with E-state index in [2.05, 4.69) is 14.2 Å². The van der Waals surface area contributed by atoms with Crippen molar-refractivity contribution in [2.45, 2.75) is 42.1 Å². The second-order valence-electron chi connectivity index (χ2n) is 6.69. The third-order valence-corrected chi connectivity index (χ3v) is 6.34. The number of hydrogen-bond acceptors (Lipinski definition) is 7. The van der Waals surface area contributed by atoms with Gasteiger partial charge in [0.15, 0.2) is 5.16 Å². The number of ether oxygens (including phenoxy) is 1. The molecule has 0 fully saturated rings. The number of fused-ring (bicyclic) bond motifs is 2. The van der Waals surface area contributed by atoms with Crippen LogP contribution in [0.2, 0.25) is 0 Å². The number of aromatic nitrogens is 2. The monoisotopic (exact) mass is 432 g/mol. The Labute approximate surface area is 163 Å². The van der Waals surface area contributed by atoms with Gasteiger partial charge in [-0.05, 0) is 17.4 Å². The summed E-state index contributed by atoms with van der Waals surface area (Å²) in [5, 5.41) is 0.138. The molecule has 0 N–H and O–H groups in total. The number of alkyl halides is 3. The van der Waals surface area contributed by atoms with Crippen molar-refractivity contribution in [1.29, 1.82) is 0 Å². The summed E-state index contributed by atoms with van der Waals surface area (Å²) in [5.74, 6) is -0.628. The zero-order valence-electron chi connectivity index (χ0n) is 14.6. The number of thioether (sulfide) groups is 1. The topological polar surface area (TPSA) is 78.4 Å². The predicted molar refractivity (Wildman–Crippen MR) is 94.5 cm³/mol. The molecular formula is C17H15F3N2O4S2. The second-order valence-corrected chi connectivity index (χ2v) is 9.01. The van der Waals surface area contributed by atoms with Gasteiger partial charge in [0, 0.05) is 19.3 Å². The molecular weight excluding hydrogens is 417 g/mol. The van der Waals surface area contributed by atoms with Crippen LogP contribution < -0.4 is 4.18 Å². The lowest BCUT2D eigenvalue weighted by Gasteiger charge is -2.34. The van der Waals surface area contributed by atoms with E-state index in [1.165, 1.54) is 0 Å². The molecule has 6 nitrogen and oxygen atoms in total. The second kappa shape index (κ2) is 6.60. The van der Waals surface area contributed by atoms with Crippen LogP contribution in [0.15, 0.2) is 29.4 Å². The zero-order chi connectivity index (χ0) is 20.2. The fourth-order valence-electron chi connectivity index (χ4n) is 3.56. The van der Waals surface area contributed by atoms with Crippen LogP contribution in [-0.2, 0) is 40.7 Å². The van der Waals surface area contributed by atoms with Crippen molar-refractivity contribution in [2.24, 2.45) is 0 Å². The van der Waals surface area contributed by atoms with E-state index < -0.39 is 27.1 Å². The average molecular weight is 432 g/mol. The van der Waals surface area contributed by atoms with E-state index in [0.717, 1.165) is 22.9 Å². The van der Waals surface area contributed by atoms with Crippen molar-refractivity contribution >= 4 is 21.9 Å². The van der Waals surface area contributed by atoms with Crippen LogP contribution in [-0.4, -0.2) is 35.8 Å². The molecule has 1 aliphatic carbocycles. The van der Waals surface area contributed by atoms with Gasteiger partial charge in [-0.25, -0.2) is 4.98 Å². The van der Waals surface area contributed by atoms with Crippen LogP contribution in [0.4, 0.5) is 13.2 Å². The van der Waals surface area contributed by atoms with Crippen molar-refractivity contribution in [1.82, 2.24) is 9.97 Å². The molecule has 1 aliphatic heterocycles. The molecule has 11 heteroatoms. The highest BCUT2D eigenvalue weighted by Gasteiger charge is 2.50. The van der Waals surface area contributed by atoms with E-state index in [1.807, 2.05) is 24.3 Å². The van der Waals surface area contributed by atoms with E-state index in [1.54, 1.807) is 6.26 Å². The SMILES string of the molecule is CSc1nc2c(c(OS(=O)(=O)C(F)(F)F)n1)COC1(Cc3ccccc3C1)C2. The van der Waals surface area contributed by atoms with E-state index in [9.17, 15) is 21.6 Å². The quantitative estimate of drug-likeness (QED) is 0.319. The van der Waals surface area contributed by atoms with E-state index in [-0.39, 0.29) is 17.3 Å². The van der Waals surface area contributed by atoms with Crippen molar-refractivity contribution in [3.05, 3.63) is 46.6 Å². The van der Waals surface area contributed by atoms with Crippen LogP contribution >= 0.6 is 11.8 Å². The summed E-state index contributed by atoms with van der Waals surface area (Å²) in [5.41, 5.74) is -3.21. The molecule has 0 radical (unpaired) electrons. The van der Waals surface area contributed by atoms with Gasteiger partial charge in [-0.15, -0.1) is 0 Å². The van der Waals surface area contributed by atoms with E-state index in [0.29, 0.717) is 25.0 Å². The maximum Gasteiger partial charge on any atom is 0.534 e. The van der Waals surface area contributed by atoms with E-state index >= 15 is 0 Å². The molecule has 28 heavy (non-hydrogen) atoms. The van der Waals surface area contributed by atoms with Crippen molar-refractivity contribution < 1.29 is 30.5 Å². The predicted octanol–water partition coefficient (Wildman–Crippen LogP) is 3.04.